The molecule has 20 heavy (non-hydrogen) atoms. The van der Waals surface area contributed by atoms with Crippen LogP contribution in [0.4, 0.5) is 0 Å². The number of hydrogen-bond donors (Lipinski definition) is 0. The van der Waals surface area contributed by atoms with Gasteiger partial charge in [-0.05, 0) is 31.1 Å². The minimum absolute atomic E-state index is 0.0166. The fourth-order valence-corrected chi connectivity index (χ4v) is 3.03. The molecule has 0 N–H and O–H groups in total. The summed E-state index contributed by atoms with van der Waals surface area (Å²) in [7, 11) is -1.61. The summed E-state index contributed by atoms with van der Waals surface area (Å²) in [6.07, 6.45) is 2.53. The SMILES string of the molecule is Cc1ccc(S(=O)C2=CC(=O)C(C(C)C)=CC2=O)cc1. The molecular formula is C16H16O3S. The minimum atomic E-state index is -1.61. The van der Waals surface area contributed by atoms with Gasteiger partial charge in [0, 0.05) is 16.5 Å². The van der Waals surface area contributed by atoms with E-state index in [4.69, 9.17) is 0 Å². The van der Waals surface area contributed by atoms with E-state index in [0.29, 0.717) is 10.5 Å². The molecule has 0 bridgehead atoms. The fraction of sp³-hybridized carbons (Fsp3) is 0.250. The molecule has 0 spiro atoms. The van der Waals surface area contributed by atoms with Crippen molar-refractivity contribution in [3.63, 3.8) is 0 Å². The molecule has 0 aromatic heterocycles. The topological polar surface area (TPSA) is 51.2 Å². The molecule has 1 aliphatic rings. The lowest BCUT2D eigenvalue weighted by Crippen LogP contribution is -2.18. The molecule has 3 nitrogen and oxygen atoms in total. The van der Waals surface area contributed by atoms with E-state index < -0.39 is 10.8 Å². The lowest BCUT2D eigenvalue weighted by molar-refractivity contribution is -0.115. The van der Waals surface area contributed by atoms with E-state index in [1.807, 2.05) is 32.9 Å². The number of rotatable bonds is 3. The summed E-state index contributed by atoms with van der Waals surface area (Å²) in [5, 5.41) is 0. The summed E-state index contributed by atoms with van der Waals surface area (Å²) in [5.41, 5.74) is 1.52. The number of ketones is 2. The molecule has 104 valence electrons. The second-order valence-corrected chi connectivity index (χ2v) is 6.52. The monoisotopic (exact) mass is 288 g/mol. The van der Waals surface area contributed by atoms with Crippen LogP contribution >= 0.6 is 0 Å². The molecule has 0 saturated heterocycles. The van der Waals surface area contributed by atoms with Crippen molar-refractivity contribution in [2.24, 2.45) is 5.92 Å². The average Bonchev–Trinajstić information content (AvgIpc) is 2.40. The van der Waals surface area contributed by atoms with Crippen molar-refractivity contribution in [2.45, 2.75) is 25.7 Å². The van der Waals surface area contributed by atoms with E-state index in [2.05, 4.69) is 0 Å². The van der Waals surface area contributed by atoms with Crippen LogP contribution in [0, 0.1) is 12.8 Å². The molecule has 2 rings (SSSR count). The van der Waals surface area contributed by atoms with Gasteiger partial charge in [0.1, 0.15) is 0 Å². The van der Waals surface area contributed by atoms with Crippen molar-refractivity contribution in [3.8, 4) is 0 Å². The molecule has 1 aromatic rings. The van der Waals surface area contributed by atoms with Crippen LogP contribution in [0.2, 0.25) is 0 Å². The van der Waals surface area contributed by atoms with Gasteiger partial charge >= 0.3 is 0 Å². The first-order valence-electron chi connectivity index (χ1n) is 6.40. The van der Waals surface area contributed by atoms with Crippen LogP contribution in [0.5, 0.6) is 0 Å². The highest BCUT2D eigenvalue weighted by Gasteiger charge is 2.26. The molecular weight excluding hydrogens is 272 g/mol. The molecule has 1 aliphatic carbocycles. The van der Waals surface area contributed by atoms with Gasteiger partial charge in [-0.25, -0.2) is 4.21 Å². The van der Waals surface area contributed by atoms with Crippen LogP contribution in [0.1, 0.15) is 19.4 Å². The zero-order chi connectivity index (χ0) is 14.9. The maximum absolute atomic E-state index is 12.4. The number of carbonyl (C=O) groups is 2. The zero-order valence-corrected chi connectivity index (χ0v) is 12.5. The van der Waals surface area contributed by atoms with Gasteiger partial charge in [0.2, 0.25) is 0 Å². The fourth-order valence-electron chi connectivity index (χ4n) is 1.94. The lowest BCUT2D eigenvalue weighted by atomic mass is 9.94. The maximum Gasteiger partial charge on any atom is 0.195 e. The molecule has 0 heterocycles. The summed E-state index contributed by atoms with van der Waals surface area (Å²) >= 11 is 0. The highest BCUT2D eigenvalue weighted by Crippen LogP contribution is 2.23. The van der Waals surface area contributed by atoms with Crippen LogP contribution in [0.25, 0.3) is 0 Å². The predicted molar refractivity (Wildman–Crippen MR) is 78.6 cm³/mol. The standard InChI is InChI=1S/C16H16O3S/c1-10(2)13-8-15(18)16(9-14(13)17)20(19)12-6-4-11(3)5-7-12/h4-10H,1-3H3. The van der Waals surface area contributed by atoms with Crippen molar-refractivity contribution >= 4 is 22.4 Å². The Morgan fingerprint density at radius 3 is 2.10 bits per heavy atom. The Balaban J connectivity index is 2.33. The third-order valence-corrected chi connectivity index (χ3v) is 4.55. The van der Waals surface area contributed by atoms with E-state index in [9.17, 15) is 13.8 Å². The Morgan fingerprint density at radius 2 is 1.55 bits per heavy atom. The number of carbonyl (C=O) groups excluding carboxylic acids is 2. The van der Waals surface area contributed by atoms with Crippen LogP contribution in [-0.2, 0) is 20.4 Å². The van der Waals surface area contributed by atoms with Crippen molar-refractivity contribution in [1.29, 1.82) is 0 Å². The lowest BCUT2D eigenvalue weighted by Gasteiger charge is -2.14. The smallest absolute Gasteiger partial charge is 0.195 e. The third-order valence-electron chi connectivity index (χ3n) is 3.13. The average molecular weight is 288 g/mol. The summed E-state index contributed by atoms with van der Waals surface area (Å²) in [6.45, 7) is 5.64. The Hall–Kier alpha value is -1.81. The van der Waals surface area contributed by atoms with E-state index in [-0.39, 0.29) is 22.4 Å². The Labute approximate surface area is 120 Å². The van der Waals surface area contributed by atoms with E-state index in [0.717, 1.165) is 5.56 Å². The summed E-state index contributed by atoms with van der Waals surface area (Å²) in [4.78, 5) is 24.6. The number of benzene rings is 1. The minimum Gasteiger partial charge on any atom is -0.290 e. The summed E-state index contributed by atoms with van der Waals surface area (Å²) in [5.74, 6) is -0.584. The highest BCUT2D eigenvalue weighted by molar-refractivity contribution is 7.90. The quantitative estimate of drug-likeness (QED) is 0.804. The second-order valence-electron chi connectivity index (χ2n) is 5.07. The van der Waals surface area contributed by atoms with Crippen LogP contribution in [-0.4, -0.2) is 15.8 Å². The van der Waals surface area contributed by atoms with E-state index >= 15 is 0 Å². The molecule has 0 radical (unpaired) electrons. The number of aryl methyl sites for hydroxylation is 1. The van der Waals surface area contributed by atoms with Gasteiger partial charge in [0.15, 0.2) is 11.6 Å². The van der Waals surface area contributed by atoms with Crippen molar-refractivity contribution in [3.05, 3.63) is 52.5 Å². The molecule has 4 heteroatoms. The summed E-state index contributed by atoms with van der Waals surface area (Å²) in [6, 6.07) is 7.09. The van der Waals surface area contributed by atoms with Crippen LogP contribution < -0.4 is 0 Å². The largest absolute Gasteiger partial charge is 0.290 e. The molecule has 0 fully saturated rings. The van der Waals surface area contributed by atoms with Gasteiger partial charge in [-0.15, -0.1) is 0 Å². The van der Waals surface area contributed by atoms with Gasteiger partial charge in [-0.1, -0.05) is 31.5 Å². The first kappa shape index (κ1) is 14.6. The first-order valence-corrected chi connectivity index (χ1v) is 7.55. The first-order chi connectivity index (χ1) is 9.40. The predicted octanol–water partition coefficient (Wildman–Crippen LogP) is 2.72. The normalized spacial score (nSPS) is 17.0. The third kappa shape index (κ3) is 2.85. The Kier molecular flexibility index (Phi) is 4.14. The molecule has 0 amide bonds. The second kappa shape index (κ2) is 5.67. The molecule has 1 atom stereocenters. The van der Waals surface area contributed by atoms with Gasteiger partial charge < -0.3 is 0 Å². The van der Waals surface area contributed by atoms with Crippen molar-refractivity contribution in [1.82, 2.24) is 0 Å². The van der Waals surface area contributed by atoms with E-state index in [1.54, 1.807) is 12.1 Å². The van der Waals surface area contributed by atoms with Gasteiger partial charge in [-0.2, -0.15) is 0 Å². The van der Waals surface area contributed by atoms with Crippen LogP contribution in [0.3, 0.4) is 0 Å². The van der Waals surface area contributed by atoms with Crippen LogP contribution in [0.15, 0.2) is 51.8 Å². The van der Waals surface area contributed by atoms with Gasteiger partial charge in [-0.3, -0.25) is 9.59 Å². The molecule has 1 unspecified atom stereocenters. The molecule has 0 aliphatic heterocycles. The van der Waals surface area contributed by atoms with E-state index in [1.165, 1.54) is 12.2 Å². The maximum atomic E-state index is 12.4. The molecule has 0 saturated carbocycles. The summed E-state index contributed by atoms with van der Waals surface area (Å²) < 4.78 is 12.4. The van der Waals surface area contributed by atoms with Crippen molar-refractivity contribution in [2.75, 3.05) is 0 Å². The Morgan fingerprint density at radius 1 is 0.950 bits per heavy atom. The van der Waals surface area contributed by atoms with Gasteiger partial charge in [0.05, 0.1) is 15.7 Å². The van der Waals surface area contributed by atoms with Crippen molar-refractivity contribution < 1.29 is 13.8 Å². The Bertz CT molecular complexity index is 649. The number of hydrogen-bond acceptors (Lipinski definition) is 3. The number of allylic oxidation sites excluding steroid dienone is 4. The zero-order valence-electron chi connectivity index (χ0n) is 11.7. The van der Waals surface area contributed by atoms with Gasteiger partial charge in [0.25, 0.3) is 0 Å². The molecule has 1 aromatic carbocycles. The highest BCUT2D eigenvalue weighted by atomic mass is 32.2.